The predicted octanol–water partition coefficient (Wildman–Crippen LogP) is 3.40. The number of nitro groups is 1. The fourth-order valence-corrected chi connectivity index (χ4v) is 3.22. The third-order valence-corrected chi connectivity index (χ3v) is 5.38. The van der Waals surface area contributed by atoms with Crippen molar-refractivity contribution in [2.45, 2.75) is 6.42 Å². The number of hydrogen-bond acceptors (Lipinski definition) is 5. The van der Waals surface area contributed by atoms with Crippen LogP contribution in [0, 0.1) is 10.1 Å². The Balaban J connectivity index is 1.91. The molecule has 0 fully saturated rings. The van der Waals surface area contributed by atoms with Crippen molar-refractivity contribution in [3.8, 4) is 0 Å². The van der Waals surface area contributed by atoms with E-state index < -0.39 is 4.92 Å². The number of aromatic amines is 1. The summed E-state index contributed by atoms with van der Waals surface area (Å²) in [5, 5.41) is 17.8. The van der Waals surface area contributed by atoms with Gasteiger partial charge in [0.25, 0.3) is 11.6 Å². The zero-order chi connectivity index (χ0) is 17.3. The van der Waals surface area contributed by atoms with E-state index in [4.69, 9.17) is 0 Å². The van der Waals surface area contributed by atoms with E-state index in [1.807, 2.05) is 0 Å². The second-order valence-electron chi connectivity index (χ2n) is 4.98. The molecule has 0 spiro atoms. The van der Waals surface area contributed by atoms with Crippen LogP contribution < -0.4 is 10.7 Å². The van der Waals surface area contributed by atoms with Gasteiger partial charge in [-0.2, -0.15) is 5.10 Å². The molecule has 124 valence electrons. The number of hydrazone groups is 1. The van der Waals surface area contributed by atoms with E-state index in [1.54, 1.807) is 12.1 Å². The van der Waals surface area contributed by atoms with Gasteiger partial charge in [-0.1, -0.05) is 0 Å². The molecule has 0 saturated carbocycles. The first-order valence-corrected chi connectivity index (χ1v) is 8.48. The SMILES string of the molecule is O=C1NCC/C(=N\Nc2ccc([N+](=O)[O-])cc2)c2c1[nH]c(Br)c2Br. The van der Waals surface area contributed by atoms with Crippen LogP contribution in [-0.4, -0.2) is 28.1 Å². The number of anilines is 1. The standard InChI is InChI=1S/C14H11Br2N5O3/c15-11-10-9(5-6-17-14(22)12(10)18-13(11)16)20-19-7-1-3-8(4-2-7)21(23)24/h1-4,18-19H,5-6H2,(H,17,22)/b20-9+. The second kappa shape index (κ2) is 6.73. The molecule has 24 heavy (non-hydrogen) atoms. The molecular formula is C14H11Br2N5O3. The third-order valence-electron chi connectivity index (χ3n) is 3.46. The van der Waals surface area contributed by atoms with Crippen molar-refractivity contribution in [2.75, 3.05) is 12.0 Å². The molecule has 3 rings (SSSR count). The van der Waals surface area contributed by atoms with Crippen molar-refractivity contribution in [2.24, 2.45) is 5.10 Å². The Kier molecular flexibility index (Phi) is 4.67. The van der Waals surface area contributed by atoms with Crippen molar-refractivity contribution in [3.63, 3.8) is 0 Å². The number of aromatic nitrogens is 1. The summed E-state index contributed by atoms with van der Waals surface area (Å²) in [4.78, 5) is 25.3. The largest absolute Gasteiger partial charge is 0.350 e. The topological polar surface area (TPSA) is 112 Å². The third kappa shape index (κ3) is 3.20. The van der Waals surface area contributed by atoms with E-state index >= 15 is 0 Å². The number of fused-ring (bicyclic) bond motifs is 1. The van der Waals surface area contributed by atoms with Crippen LogP contribution in [0.4, 0.5) is 11.4 Å². The maximum atomic E-state index is 12.1. The van der Waals surface area contributed by atoms with Gasteiger partial charge in [0, 0.05) is 30.7 Å². The molecule has 0 saturated heterocycles. The zero-order valence-electron chi connectivity index (χ0n) is 12.1. The van der Waals surface area contributed by atoms with E-state index in [0.717, 1.165) is 4.47 Å². The average Bonchev–Trinajstić information content (AvgIpc) is 2.77. The van der Waals surface area contributed by atoms with Crippen molar-refractivity contribution >= 4 is 54.9 Å². The number of benzene rings is 1. The minimum atomic E-state index is -0.459. The van der Waals surface area contributed by atoms with Gasteiger partial charge in [0.05, 0.1) is 25.4 Å². The molecule has 1 aromatic carbocycles. The number of H-pyrrole nitrogens is 1. The quantitative estimate of drug-likeness (QED) is 0.485. The Morgan fingerprint density at radius 3 is 2.62 bits per heavy atom. The molecule has 1 aliphatic heterocycles. The lowest BCUT2D eigenvalue weighted by Crippen LogP contribution is -2.23. The van der Waals surface area contributed by atoms with Gasteiger partial charge in [0.2, 0.25) is 0 Å². The minimum absolute atomic E-state index is 0.0112. The number of non-ortho nitro benzene ring substituents is 1. The van der Waals surface area contributed by atoms with Gasteiger partial charge in [0.15, 0.2) is 0 Å². The summed E-state index contributed by atoms with van der Waals surface area (Å²) in [5.74, 6) is -0.197. The monoisotopic (exact) mass is 455 g/mol. The number of rotatable bonds is 3. The highest BCUT2D eigenvalue weighted by Crippen LogP contribution is 2.31. The van der Waals surface area contributed by atoms with Gasteiger partial charge in [-0.25, -0.2) is 0 Å². The summed E-state index contributed by atoms with van der Waals surface area (Å²) in [6.07, 6.45) is 0.543. The maximum Gasteiger partial charge on any atom is 0.269 e. The Morgan fingerprint density at radius 1 is 1.25 bits per heavy atom. The number of halogens is 2. The molecule has 8 nitrogen and oxygen atoms in total. The number of carbonyl (C=O) groups excluding carboxylic acids is 1. The average molecular weight is 457 g/mol. The number of hydrogen-bond donors (Lipinski definition) is 3. The molecular weight excluding hydrogens is 446 g/mol. The number of nitrogens with zero attached hydrogens (tertiary/aromatic N) is 2. The molecule has 1 aromatic heterocycles. The summed E-state index contributed by atoms with van der Waals surface area (Å²) in [6.45, 7) is 0.464. The van der Waals surface area contributed by atoms with E-state index in [0.29, 0.717) is 40.2 Å². The van der Waals surface area contributed by atoms with E-state index in [2.05, 4.69) is 52.7 Å². The molecule has 2 aromatic rings. The summed E-state index contributed by atoms with van der Waals surface area (Å²) >= 11 is 6.80. The lowest BCUT2D eigenvalue weighted by Gasteiger charge is -2.05. The number of nitro benzene ring substituents is 1. The molecule has 0 aliphatic carbocycles. The van der Waals surface area contributed by atoms with Crippen molar-refractivity contribution < 1.29 is 9.72 Å². The number of carbonyl (C=O) groups is 1. The Hall–Kier alpha value is -2.20. The summed E-state index contributed by atoms with van der Waals surface area (Å²) in [6, 6.07) is 5.94. The zero-order valence-corrected chi connectivity index (χ0v) is 15.3. The fourth-order valence-electron chi connectivity index (χ4n) is 2.30. The lowest BCUT2D eigenvalue weighted by atomic mass is 10.1. The number of nitrogens with one attached hydrogen (secondary N) is 3. The van der Waals surface area contributed by atoms with Gasteiger partial charge in [0.1, 0.15) is 5.69 Å². The molecule has 2 heterocycles. The molecule has 0 atom stereocenters. The normalized spacial score (nSPS) is 15.6. The van der Waals surface area contributed by atoms with Crippen molar-refractivity contribution in [1.29, 1.82) is 0 Å². The Morgan fingerprint density at radius 2 is 1.96 bits per heavy atom. The Bertz CT molecular complexity index is 845. The van der Waals surface area contributed by atoms with Crippen LogP contribution in [0.25, 0.3) is 0 Å². The summed E-state index contributed by atoms with van der Waals surface area (Å²) < 4.78 is 1.38. The van der Waals surface area contributed by atoms with Crippen LogP contribution in [0.2, 0.25) is 0 Å². The lowest BCUT2D eigenvalue weighted by molar-refractivity contribution is -0.384. The first-order chi connectivity index (χ1) is 11.5. The highest BCUT2D eigenvalue weighted by Gasteiger charge is 2.26. The molecule has 0 unspecified atom stereocenters. The highest BCUT2D eigenvalue weighted by atomic mass is 79.9. The van der Waals surface area contributed by atoms with E-state index in [1.165, 1.54) is 12.1 Å². The van der Waals surface area contributed by atoms with Crippen LogP contribution in [0.5, 0.6) is 0 Å². The van der Waals surface area contributed by atoms with Crippen LogP contribution in [0.15, 0.2) is 38.4 Å². The van der Waals surface area contributed by atoms with Crippen molar-refractivity contribution in [3.05, 3.63) is 54.7 Å². The molecule has 1 aliphatic rings. The maximum absolute atomic E-state index is 12.1. The van der Waals surface area contributed by atoms with Crippen LogP contribution >= 0.6 is 31.9 Å². The molecule has 10 heteroatoms. The van der Waals surface area contributed by atoms with Gasteiger partial charge < -0.3 is 10.3 Å². The van der Waals surface area contributed by atoms with Crippen LogP contribution in [0.1, 0.15) is 22.5 Å². The van der Waals surface area contributed by atoms with Gasteiger partial charge in [-0.15, -0.1) is 0 Å². The van der Waals surface area contributed by atoms with Gasteiger partial charge >= 0.3 is 0 Å². The van der Waals surface area contributed by atoms with Crippen LogP contribution in [-0.2, 0) is 0 Å². The number of amides is 1. The minimum Gasteiger partial charge on any atom is -0.350 e. The van der Waals surface area contributed by atoms with E-state index in [-0.39, 0.29) is 11.6 Å². The first-order valence-electron chi connectivity index (χ1n) is 6.90. The van der Waals surface area contributed by atoms with Crippen LogP contribution in [0.3, 0.4) is 0 Å². The smallest absolute Gasteiger partial charge is 0.269 e. The fraction of sp³-hybridized carbons (Fsp3) is 0.143. The summed E-state index contributed by atoms with van der Waals surface area (Å²) in [5.41, 5.74) is 5.31. The highest BCUT2D eigenvalue weighted by molar-refractivity contribution is 9.13. The Labute approximate surface area is 153 Å². The predicted molar refractivity (Wildman–Crippen MR) is 96.4 cm³/mol. The second-order valence-corrected chi connectivity index (χ2v) is 6.57. The molecule has 1 amide bonds. The molecule has 3 N–H and O–H groups in total. The van der Waals surface area contributed by atoms with Gasteiger partial charge in [-0.05, 0) is 44.0 Å². The van der Waals surface area contributed by atoms with Crippen molar-refractivity contribution in [1.82, 2.24) is 10.3 Å². The molecule has 0 radical (unpaired) electrons. The first kappa shape index (κ1) is 16.7. The van der Waals surface area contributed by atoms with Gasteiger partial charge in [-0.3, -0.25) is 20.3 Å². The molecule has 0 bridgehead atoms. The summed E-state index contributed by atoms with van der Waals surface area (Å²) in [7, 11) is 0. The van der Waals surface area contributed by atoms with E-state index in [9.17, 15) is 14.9 Å².